The number of carboxylic acid groups (broad SMARTS) is 1. The van der Waals surface area contributed by atoms with Crippen molar-refractivity contribution in [3.8, 4) is 0 Å². The second-order valence-corrected chi connectivity index (χ2v) is 3.15. The second-order valence-electron chi connectivity index (χ2n) is 3.15. The molecule has 86 valence electrons. The lowest BCUT2D eigenvalue weighted by Gasteiger charge is -2.02. The van der Waals surface area contributed by atoms with E-state index in [2.05, 4.69) is 0 Å². The Bertz CT molecular complexity index is 465. The standard InChI is InChI=1S/C9H10N2O5/c12-8(13)4-2-6-10-5-1-3-7(9(10)14)11(15)16/h1,3,5H,2,4,6H2,(H,12,13). The fourth-order valence-electron chi connectivity index (χ4n) is 1.24. The summed E-state index contributed by atoms with van der Waals surface area (Å²) in [6, 6.07) is 2.51. The first-order valence-corrected chi connectivity index (χ1v) is 4.58. The minimum Gasteiger partial charge on any atom is -0.481 e. The fourth-order valence-corrected chi connectivity index (χ4v) is 1.24. The maximum absolute atomic E-state index is 11.5. The van der Waals surface area contributed by atoms with Gasteiger partial charge in [0.05, 0.1) is 4.92 Å². The highest BCUT2D eigenvalue weighted by molar-refractivity contribution is 5.66. The van der Waals surface area contributed by atoms with E-state index >= 15 is 0 Å². The molecule has 0 radical (unpaired) electrons. The number of rotatable bonds is 5. The van der Waals surface area contributed by atoms with Crippen LogP contribution in [-0.4, -0.2) is 20.6 Å². The van der Waals surface area contributed by atoms with Gasteiger partial charge in [-0.1, -0.05) is 0 Å². The Labute approximate surface area is 90.1 Å². The van der Waals surface area contributed by atoms with Gasteiger partial charge in [-0.05, 0) is 12.5 Å². The van der Waals surface area contributed by atoms with Crippen LogP contribution in [0, 0.1) is 10.1 Å². The molecule has 1 aromatic rings. The molecule has 1 heterocycles. The lowest BCUT2D eigenvalue weighted by molar-refractivity contribution is -0.386. The first-order chi connectivity index (χ1) is 7.52. The van der Waals surface area contributed by atoms with Crippen LogP contribution in [0.2, 0.25) is 0 Å². The van der Waals surface area contributed by atoms with Gasteiger partial charge in [-0.25, -0.2) is 0 Å². The van der Waals surface area contributed by atoms with Gasteiger partial charge in [-0.15, -0.1) is 0 Å². The van der Waals surface area contributed by atoms with Crippen molar-refractivity contribution >= 4 is 11.7 Å². The maximum Gasteiger partial charge on any atom is 0.334 e. The number of hydrogen-bond donors (Lipinski definition) is 1. The molecule has 0 unspecified atom stereocenters. The number of nitrogens with zero attached hydrogens (tertiary/aromatic N) is 2. The van der Waals surface area contributed by atoms with E-state index in [1.807, 2.05) is 0 Å². The second kappa shape index (κ2) is 5.06. The van der Waals surface area contributed by atoms with E-state index in [4.69, 9.17) is 5.11 Å². The Morgan fingerprint density at radius 2 is 2.25 bits per heavy atom. The molecular weight excluding hydrogens is 216 g/mol. The van der Waals surface area contributed by atoms with Gasteiger partial charge in [0, 0.05) is 25.2 Å². The highest BCUT2D eigenvalue weighted by Gasteiger charge is 2.13. The van der Waals surface area contributed by atoms with Crippen molar-refractivity contribution < 1.29 is 14.8 Å². The molecule has 1 N–H and O–H groups in total. The Morgan fingerprint density at radius 3 is 2.81 bits per heavy atom. The molecule has 0 saturated carbocycles. The summed E-state index contributed by atoms with van der Waals surface area (Å²) in [5.74, 6) is -0.960. The SMILES string of the molecule is O=C(O)CCCn1cccc([N+](=O)[O-])c1=O. The highest BCUT2D eigenvalue weighted by atomic mass is 16.6. The molecule has 1 aromatic heterocycles. The summed E-state index contributed by atoms with van der Waals surface area (Å²) in [5.41, 5.74) is -1.21. The smallest absolute Gasteiger partial charge is 0.334 e. The normalized spacial score (nSPS) is 10.0. The molecule has 0 bridgehead atoms. The number of pyridine rings is 1. The number of aryl methyl sites for hydroxylation is 1. The average molecular weight is 226 g/mol. The van der Waals surface area contributed by atoms with Gasteiger partial charge >= 0.3 is 17.2 Å². The molecule has 0 atom stereocenters. The van der Waals surface area contributed by atoms with Crippen molar-refractivity contribution in [3.05, 3.63) is 38.8 Å². The molecule has 0 aromatic carbocycles. The predicted molar refractivity (Wildman–Crippen MR) is 54.2 cm³/mol. The quantitative estimate of drug-likeness (QED) is 0.585. The Morgan fingerprint density at radius 1 is 1.56 bits per heavy atom. The summed E-state index contributed by atoms with van der Waals surface area (Å²) in [4.78, 5) is 31.4. The van der Waals surface area contributed by atoms with Crippen LogP contribution >= 0.6 is 0 Å². The van der Waals surface area contributed by atoms with Crippen LogP contribution in [0.25, 0.3) is 0 Å². The molecule has 0 amide bonds. The third-order valence-corrected chi connectivity index (χ3v) is 1.99. The van der Waals surface area contributed by atoms with Crippen molar-refractivity contribution in [3.63, 3.8) is 0 Å². The van der Waals surface area contributed by atoms with Crippen LogP contribution in [0.4, 0.5) is 5.69 Å². The number of aliphatic carboxylic acids is 1. The molecule has 0 aliphatic rings. The largest absolute Gasteiger partial charge is 0.481 e. The number of carboxylic acids is 1. The third kappa shape index (κ3) is 2.91. The van der Waals surface area contributed by atoms with Gasteiger partial charge in [-0.2, -0.15) is 0 Å². The summed E-state index contributed by atoms with van der Waals surface area (Å²) < 4.78 is 1.14. The van der Waals surface area contributed by atoms with Crippen molar-refractivity contribution in [1.29, 1.82) is 0 Å². The molecule has 7 nitrogen and oxygen atoms in total. The van der Waals surface area contributed by atoms with Crippen LogP contribution in [0.15, 0.2) is 23.1 Å². The number of hydrogen-bond acceptors (Lipinski definition) is 4. The molecule has 7 heteroatoms. The maximum atomic E-state index is 11.5. The fraction of sp³-hybridized carbons (Fsp3) is 0.333. The summed E-state index contributed by atoms with van der Waals surface area (Å²) in [7, 11) is 0. The van der Waals surface area contributed by atoms with Crippen molar-refractivity contribution in [2.24, 2.45) is 0 Å². The summed E-state index contributed by atoms with van der Waals surface area (Å²) in [6.07, 6.45) is 1.59. The minimum atomic E-state index is -0.960. The Balaban J connectivity index is 2.82. The zero-order chi connectivity index (χ0) is 12.1. The lowest BCUT2D eigenvalue weighted by Crippen LogP contribution is -2.22. The van der Waals surface area contributed by atoms with Gasteiger partial charge in [0.15, 0.2) is 0 Å². The number of aromatic nitrogens is 1. The molecule has 16 heavy (non-hydrogen) atoms. The average Bonchev–Trinajstić information content (AvgIpc) is 2.19. The van der Waals surface area contributed by atoms with E-state index in [-0.39, 0.29) is 19.4 Å². The van der Waals surface area contributed by atoms with E-state index in [1.54, 1.807) is 0 Å². The topological polar surface area (TPSA) is 102 Å². The minimum absolute atomic E-state index is 0.0743. The molecule has 0 spiro atoms. The summed E-state index contributed by atoms with van der Waals surface area (Å²) in [5, 5.41) is 18.9. The van der Waals surface area contributed by atoms with Crippen LogP contribution in [0.5, 0.6) is 0 Å². The predicted octanol–water partition coefficient (Wildman–Crippen LogP) is 0.621. The highest BCUT2D eigenvalue weighted by Crippen LogP contribution is 2.02. The summed E-state index contributed by atoms with van der Waals surface area (Å²) in [6.45, 7) is 0.160. The number of nitro groups is 1. The van der Waals surface area contributed by atoms with E-state index in [9.17, 15) is 19.7 Å². The lowest BCUT2D eigenvalue weighted by atomic mass is 10.3. The van der Waals surface area contributed by atoms with Gasteiger partial charge in [0.25, 0.3) is 0 Å². The van der Waals surface area contributed by atoms with Crippen LogP contribution in [0.1, 0.15) is 12.8 Å². The zero-order valence-electron chi connectivity index (χ0n) is 8.33. The van der Waals surface area contributed by atoms with Crippen LogP contribution in [0.3, 0.4) is 0 Å². The van der Waals surface area contributed by atoms with E-state index in [0.717, 1.165) is 10.6 Å². The van der Waals surface area contributed by atoms with Gasteiger partial charge in [0.1, 0.15) is 0 Å². The monoisotopic (exact) mass is 226 g/mol. The van der Waals surface area contributed by atoms with Gasteiger partial charge in [0.2, 0.25) is 0 Å². The third-order valence-electron chi connectivity index (χ3n) is 1.99. The first-order valence-electron chi connectivity index (χ1n) is 4.58. The molecule has 0 aliphatic heterocycles. The van der Waals surface area contributed by atoms with Crippen molar-refractivity contribution in [2.75, 3.05) is 0 Å². The van der Waals surface area contributed by atoms with Gasteiger partial charge in [-0.3, -0.25) is 19.7 Å². The number of carbonyl (C=O) groups is 1. The van der Waals surface area contributed by atoms with E-state index < -0.39 is 22.1 Å². The molecular formula is C9H10N2O5. The Kier molecular flexibility index (Phi) is 3.76. The first kappa shape index (κ1) is 11.9. The zero-order valence-corrected chi connectivity index (χ0v) is 8.33. The van der Waals surface area contributed by atoms with Crippen molar-refractivity contribution in [1.82, 2.24) is 4.57 Å². The molecule has 0 aliphatic carbocycles. The van der Waals surface area contributed by atoms with E-state index in [1.165, 1.54) is 12.3 Å². The molecule has 0 saturated heterocycles. The van der Waals surface area contributed by atoms with Gasteiger partial charge < -0.3 is 9.67 Å². The van der Waals surface area contributed by atoms with Crippen molar-refractivity contribution in [2.45, 2.75) is 19.4 Å². The Hall–Kier alpha value is -2.18. The summed E-state index contributed by atoms with van der Waals surface area (Å²) >= 11 is 0. The van der Waals surface area contributed by atoms with Crippen LogP contribution in [-0.2, 0) is 11.3 Å². The molecule has 1 rings (SSSR count). The van der Waals surface area contributed by atoms with Crippen LogP contribution < -0.4 is 5.56 Å². The van der Waals surface area contributed by atoms with E-state index in [0.29, 0.717) is 0 Å². The molecule has 0 fully saturated rings.